The summed E-state index contributed by atoms with van der Waals surface area (Å²) in [5.41, 5.74) is 0. The van der Waals surface area contributed by atoms with Crippen LogP contribution < -0.4 is 10.2 Å². The minimum absolute atomic E-state index is 0.149. The summed E-state index contributed by atoms with van der Waals surface area (Å²) in [5, 5.41) is 18.8. The van der Waals surface area contributed by atoms with Gasteiger partial charge in [0.1, 0.15) is 0 Å². The van der Waals surface area contributed by atoms with Gasteiger partial charge in [0.15, 0.2) is 0 Å². The van der Waals surface area contributed by atoms with Crippen molar-refractivity contribution in [3.05, 3.63) is 12.2 Å². The van der Waals surface area contributed by atoms with Gasteiger partial charge in [-0.05, 0) is 12.2 Å². The summed E-state index contributed by atoms with van der Waals surface area (Å²) in [6, 6.07) is 0. The average molecular weight is 580 g/mol. The van der Waals surface area contributed by atoms with Crippen LogP contribution in [0.15, 0.2) is 12.2 Å². The van der Waals surface area contributed by atoms with Gasteiger partial charge in [0, 0.05) is 0 Å². The van der Waals surface area contributed by atoms with Crippen molar-refractivity contribution in [2.45, 2.75) is 96.8 Å². The van der Waals surface area contributed by atoms with Crippen LogP contribution in [0.1, 0.15) is 79.1 Å². The van der Waals surface area contributed by atoms with Crippen molar-refractivity contribution < 1.29 is 19.8 Å². The second-order valence-corrected chi connectivity index (χ2v) is 14.4. The summed E-state index contributed by atoms with van der Waals surface area (Å²) >= 11 is 0.299. The van der Waals surface area contributed by atoms with Crippen LogP contribution in [0.2, 0.25) is 17.7 Å². The predicted octanol–water partition coefficient (Wildman–Crippen LogP) is 3.30. The van der Waals surface area contributed by atoms with E-state index in [0.717, 1.165) is 0 Å². The van der Waals surface area contributed by atoms with Crippen molar-refractivity contribution in [3.8, 4) is 0 Å². The molecule has 0 spiro atoms. The average Bonchev–Trinajstić information content (AvgIpc) is 2.61. The maximum absolute atomic E-state index is 9.41. The van der Waals surface area contributed by atoms with Gasteiger partial charge in [-0.2, -0.15) is 0 Å². The van der Waals surface area contributed by atoms with E-state index < -0.39 is 11.9 Å². The molecule has 0 aromatic heterocycles. The first-order valence-electron chi connectivity index (χ1n) is 9.97. The van der Waals surface area contributed by atoms with Crippen molar-refractivity contribution in [1.82, 2.24) is 0 Å². The van der Waals surface area contributed by atoms with E-state index in [0.29, 0.717) is 12.2 Å². The summed E-state index contributed by atoms with van der Waals surface area (Å²) in [7, 11) is 0. The van der Waals surface area contributed by atoms with E-state index in [1.165, 1.54) is 51.4 Å². The van der Waals surface area contributed by atoms with Gasteiger partial charge in [0.25, 0.3) is 0 Å². The van der Waals surface area contributed by atoms with Crippen LogP contribution in [0.4, 0.5) is 0 Å². The number of carboxylic acid groups (broad SMARTS) is 2. The minimum Gasteiger partial charge on any atom is -0.545 e. The number of carbonyl (C=O) groups is 2. The molecule has 148 valence electrons. The largest absolute Gasteiger partial charge is 0.545 e. The van der Waals surface area contributed by atoms with Gasteiger partial charge in [0.2, 0.25) is 0 Å². The minimum atomic E-state index is -1.55. The molecule has 6 heteroatoms. The van der Waals surface area contributed by atoms with Gasteiger partial charge in [-0.3, -0.25) is 0 Å². The van der Waals surface area contributed by atoms with E-state index in [2.05, 4.69) is 27.7 Å². The topological polar surface area (TPSA) is 80.3 Å². The summed E-state index contributed by atoms with van der Waals surface area (Å²) in [6.07, 6.45) is 12.4. The number of aliphatic carboxylic acids is 2. The van der Waals surface area contributed by atoms with Gasteiger partial charge in [0.05, 0.1) is 11.9 Å². The molecule has 0 aliphatic rings. The molecule has 0 aliphatic heterocycles. The van der Waals surface area contributed by atoms with Crippen molar-refractivity contribution in [3.63, 3.8) is 0 Å². The first-order chi connectivity index (χ1) is 12.5. The third-order valence-electron chi connectivity index (χ3n) is 3.18. The zero-order valence-corrected chi connectivity index (χ0v) is 23.0. The fourth-order valence-electron chi connectivity index (χ4n) is 1.59. The quantitative estimate of drug-likeness (QED) is 0.180. The fraction of sp³-hybridized carbons (Fsp3) is 0.800. The zero-order valence-electron chi connectivity index (χ0n) is 17.3. The van der Waals surface area contributed by atoms with E-state index in [4.69, 9.17) is 0 Å². The Kier molecular flexibility index (Phi) is 35.8. The zero-order chi connectivity index (χ0) is 20.5. The van der Waals surface area contributed by atoms with Crippen molar-refractivity contribution >= 4 is 54.2 Å². The molecule has 0 atom stereocenters. The Hall–Kier alpha value is 0.277. The number of carbonyl (C=O) groups excluding carboxylic acids is 2. The molecule has 0 radical (unpaired) electrons. The number of unbranched alkanes of at least 4 members (excludes halogenated alkanes) is 4. The van der Waals surface area contributed by atoms with Crippen LogP contribution in [0.25, 0.3) is 0 Å². The van der Waals surface area contributed by atoms with Crippen LogP contribution in [0.5, 0.6) is 0 Å². The van der Waals surface area contributed by atoms with Crippen molar-refractivity contribution in [2.75, 3.05) is 0 Å². The summed E-state index contributed by atoms with van der Waals surface area (Å²) in [6.45, 7) is 9.16. The maximum Gasteiger partial charge on any atom is 0.0643 e. The summed E-state index contributed by atoms with van der Waals surface area (Å²) < 4.78 is 6.50. The third kappa shape index (κ3) is 44.1. The number of hydrogen-bond acceptors (Lipinski definition) is 4. The Morgan fingerprint density at radius 2 is 0.846 bits per heavy atom. The van der Waals surface area contributed by atoms with E-state index in [1.807, 2.05) is 0 Å². The van der Waals surface area contributed by atoms with Gasteiger partial charge < -0.3 is 19.8 Å². The van der Waals surface area contributed by atoms with Gasteiger partial charge in [-0.15, -0.1) is 0 Å². The molecule has 0 amide bonds. The molecule has 0 fully saturated rings. The smallest absolute Gasteiger partial charge is 0.0643 e. The first kappa shape index (κ1) is 31.0. The van der Waals surface area contributed by atoms with Gasteiger partial charge >= 0.3 is 139 Å². The molecule has 0 aliphatic carbocycles. The molecular formula is C20H38O4Sn2+2. The van der Waals surface area contributed by atoms with Crippen LogP contribution in [0.3, 0.4) is 0 Å². The van der Waals surface area contributed by atoms with E-state index in [-0.39, 0.29) is 42.3 Å². The molecular weight excluding hydrogens is 542 g/mol. The second-order valence-electron chi connectivity index (χ2n) is 5.89. The number of hydrogen-bond donors (Lipinski definition) is 0. The Bertz CT molecular complexity index is 279. The van der Waals surface area contributed by atoms with Crippen LogP contribution in [-0.2, 0) is 9.59 Å². The molecule has 0 aromatic carbocycles. The molecule has 4 nitrogen and oxygen atoms in total. The Balaban J connectivity index is -0.000000306. The van der Waals surface area contributed by atoms with Crippen molar-refractivity contribution in [2.24, 2.45) is 0 Å². The second kappa shape index (κ2) is 30.0. The predicted molar refractivity (Wildman–Crippen MR) is 110 cm³/mol. The standard InChI is InChI=1S/C4H4O4.4C4H9.2Sn/c5-3(6)1-2-4(7)8;4*1-3-4-2;;/h1-2H,(H,5,6)(H,7,8);4*1,3-4H2,2H3;;/q;;;;;2*+2/p-2/b2-1+;;;;;;. The normalized spacial score (nSPS) is 9.23. The van der Waals surface area contributed by atoms with E-state index in [9.17, 15) is 19.8 Å². The Morgan fingerprint density at radius 3 is 1.00 bits per heavy atom. The van der Waals surface area contributed by atoms with Crippen molar-refractivity contribution in [1.29, 1.82) is 0 Å². The molecule has 0 rings (SSSR count). The van der Waals surface area contributed by atoms with Gasteiger partial charge in [-0.1, -0.05) is 0 Å². The maximum atomic E-state index is 9.41. The SMILES string of the molecule is CCC[CH2][Sn+2][CH2]CCC.CCC[CH2][Sn+2][CH2]CCC.O=C([O-])/C=C/C(=O)[O-]. The van der Waals surface area contributed by atoms with Crippen LogP contribution >= 0.6 is 0 Å². The number of rotatable bonds is 14. The van der Waals surface area contributed by atoms with E-state index >= 15 is 0 Å². The third-order valence-corrected chi connectivity index (χ3v) is 11.3. The Morgan fingerprint density at radius 1 is 0.615 bits per heavy atom. The monoisotopic (exact) mass is 582 g/mol. The fourth-order valence-corrected chi connectivity index (χ4v) is 9.91. The molecule has 0 bridgehead atoms. The molecule has 0 saturated heterocycles. The van der Waals surface area contributed by atoms with E-state index in [1.54, 1.807) is 17.7 Å². The van der Waals surface area contributed by atoms with Crippen LogP contribution in [0, 0.1) is 0 Å². The molecule has 0 N–H and O–H groups in total. The molecule has 0 saturated carbocycles. The summed E-state index contributed by atoms with van der Waals surface area (Å²) in [4.78, 5) is 18.8. The first-order valence-corrected chi connectivity index (χ1v) is 18.0. The van der Waals surface area contributed by atoms with Crippen LogP contribution in [-0.4, -0.2) is 54.2 Å². The molecule has 0 heterocycles. The Labute approximate surface area is 182 Å². The molecule has 0 aromatic rings. The number of carboxylic acids is 2. The van der Waals surface area contributed by atoms with Gasteiger partial charge in [-0.25, -0.2) is 0 Å². The molecule has 0 unspecified atom stereocenters. The summed E-state index contributed by atoms with van der Waals surface area (Å²) in [5.74, 6) is -3.09. The molecule has 26 heavy (non-hydrogen) atoms.